The highest BCUT2D eigenvalue weighted by molar-refractivity contribution is 7.89. The molecule has 1 N–H and O–H groups in total. The van der Waals surface area contributed by atoms with E-state index < -0.39 is 21.5 Å². The van der Waals surface area contributed by atoms with Crippen LogP contribution in [-0.4, -0.2) is 55.0 Å². The van der Waals surface area contributed by atoms with Gasteiger partial charge in [-0.1, -0.05) is 43.7 Å². The van der Waals surface area contributed by atoms with E-state index in [-0.39, 0.29) is 30.8 Å². The predicted molar refractivity (Wildman–Crippen MR) is 127 cm³/mol. The van der Waals surface area contributed by atoms with Gasteiger partial charge in [0, 0.05) is 23.3 Å². The van der Waals surface area contributed by atoms with E-state index in [0.29, 0.717) is 10.7 Å². The zero-order valence-electron chi connectivity index (χ0n) is 19.2. The van der Waals surface area contributed by atoms with Crippen molar-refractivity contribution in [1.29, 1.82) is 0 Å². The molecule has 0 radical (unpaired) electrons. The Bertz CT molecular complexity index is 960. The molecule has 1 unspecified atom stereocenters. The summed E-state index contributed by atoms with van der Waals surface area (Å²) in [5, 5.41) is 3.69. The van der Waals surface area contributed by atoms with Gasteiger partial charge in [0.25, 0.3) is 0 Å². The molecule has 0 bridgehead atoms. The van der Waals surface area contributed by atoms with Crippen LogP contribution in [0.3, 0.4) is 0 Å². The number of amides is 2. The van der Waals surface area contributed by atoms with Gasteiger partial charge in [-0.2, -0.15) is 4.31 Å². The number of anilines is 1. The Hall–Kier alpha value is -1.64. The molecule has 0 spiro atoms. The first-order valence-electron chi connectivity index (χ1n) is 11.5. The third-order valence-corrected chi connectivity index (χ3v) is 8.64. The van der Waals surface area contributed by atoms with Crippen molar-refractivity contribution < 1.29 is 18.0 Å². The smallest absolute Gasteiger partial charge is 0.247 e. The van der Waals surface area contributed by atoms with E-state index in [2.05, 4.69) is 5.32 Å². The van der Waals surface area contributed by atoms with Crippen LogP contribution in [0.5, 0.6) is 0 Å². The molecule has 3 rings (SSSR count). The van der Waals surface area contributed by atoms with Gasteiger partial charge in [0.05, 0.1) is 12.3 Å². The van der Waals surface area contributed by atoms with E-state index >= 15 is 0 Å². The Labute approximate surface area is 196 Å². The van der Waals surface area contributed by atoms with E-state index in [1.165, 1.54) is 11.3 Å². The van der Waals surface area contributed by atoms with Crippen molar-refractivity contribution in [3.8, 4) is 0 Å². The Morgan fingerprint density at radius 3 is 2.41 bits per heavy atom. The van der Waals surface area contributed by atoms with Crippen LogP contribution in [0.2, 0.25) is 5.02 Å². The SMILES string of the molecule is CCS(=O)(=O)N1CC(=O)N(c2ccc(Cl)cc2C)C(C)(C(=O)NC2CCCCCCC2)C1. The van der Waals surface area contributed by atoms with Gasteiger partial charge in [-0.05, 0) is 57.4 Å². The molecule has 1 aromatic carbocycles. The maximum atomic E-state index is 13.7. The van der Waals surface area contributed by atoms with E-state index in [0.717, 1.165) is 48.4 Å². The molecule has 0 aromatic heterocycles. The molecule has 7 nitrogen and oxygen atoms in total. The standard InChI is InChI=1S/C23H34ClN3O4S/c1-4-32(30,31)26-15-21(28)27(20-13-12-18(24)14-17(20)2)23(3,16-26)22(29)25-19-10-8-6-5-7-9-11-19/h12-14,19H,4-11,15-16H2,1-3H3,(H,25,29). The molecule has 1 saturated carbocycles. The number of sulfonamides is 1. The molecule has 2 aliphatic rings. The van der Waals surface area contributed by atoms with Crippen molar-refractivity contribution in [3.05, 3.63) is 28.8 Å². The normalized spacial score (nSPS) is 24.1. The Morgan fingerprint density at radius 1 is 1.19 bits per heavy atom. The van der Waals surface area contributed by atoms with Crippen LogP contribution in [0, 0.1) is 6.92 Å². The fourth-order valence-corrected chi connectivity index (χ4v) is 6.08. The first kappa shape index (κ1) is 25.0. The van der Waals surface area contributed by atoms with Gasteiger partial charge < -0.3 is 5.32 Å². The number of piperazine rings is 1. The lowest BCUT2D eigenvalue weighted by molar-refractivity contribution is -0.133. The van der Waals surface area contributed by atoms with E-state index in [1.54, 1.807) is 32.0 Å². The average molecular weight is 484 g/mol. The number of hydrogen-bond donors (Lipinski definition) is 1. The number of aryl methyl sites for hydroxylation is 1. The number of carbonyl (C=O) groups is 2. The molecule has 1 aliphatic heterocycles. The topological polar surface area (TPSA) is 86.8 Å². The molecule has 2 fully saturated rings. The molecule has 32 heavy (non-hydrogen) atoms. The summed E-state index contributed by atoms with van der Waals surface area (Å²) in [6.07, 6.45) is 7.43. The molecule has 1 aliphatic carbocycles. The minimum atomic E-state index is -3.64. The maximum Gasteiger partial charge on any atom is 0.247 e. The van der Waals surface area contributed by atoms with Crippen molar-refractivity contribution in [2.75, 3.05) is 23.7 Å². The summed E-state index contributed by atoms with van der Waals surface area (Å²) in [5.74, 6) is -0.864. The molecule has 1 heterocycles. The quantitative estimate of drug-likeness (QED) is 0.692. The van der Waals surface area contributed by atoms with Crippen LogP contribution >= 0.6 is 11.6 Å². The monoisotopic (exact) mass is 483 g/mol. The summed E-state index contributed by atoms with van der Waals surface area (Å²) >= 11 is 6.12. The van der Waals surface area contributed by atoms with Crippen molar-refractivity contribution in [2.45, 2.75) is 77.3 Å². The van der Waals surface area contributed by atoms with Gasteiger partial charge >= 0.3 is 0 Å². The van der Waals surface area contributed by atoms with Gasteiger partial charge in [0.2, 0.25) is 21.8 Å². The molecule has 178 valence electrons. The number of nitrogens with zero attached hydrogens (tertiary/aromatic N) is 2. The molecule has 1 saturated heterocycles. The molecule has 9 heteroatoms. The fraction of sp³-hybridized carbons (Fsp3) is 0.652. The van der Waals surface area contributed by atoms with Crippen LogP contribution < -0.4 is 10.2 Å². The van der Waals surface area contributed by atoms with Gasteiger partial charge in [0.15, 0.2) is 0 Å². The second-order valence-corrected chi connectivity index (χ2v) is 11.8. The van der Waals surface area contributed by atoms with Gasteiger partial charge in [0.1, 0.15) is 5.54 Å². The van der Waals surface area contributed by atoms with Gasteiger partial charge in [-0.3, -0.25) is 14.5 Å². The zero-order valence-corrected chi connectivity index (χ0v) is 20.8. The van der Waals surface area contributed by atoms with E-state index in [9.17, 15) is 18.0 Å². The predicted octanol–water partition coefficient (Wildman–Crippen LogP) is 3.63. The Morgan fingerprint density at radius 2 is 1.81 bits per heavy atom. The fourth-order valence-electron chi connectivity index (χ4n) is 4.73. The highest BCUT2D eigenvalue weighted by Gasteiger charge is 2.51. The second kappa shape index (κ2) is 10.1. The second-order valence-electron chi connectivity index (χ2n) is 9.12. The summed E-state index contributed by atoms with van der Waals surface area (Å²) in [7, 11) is -3.64. The lowest BCUT2D eigenvalue weighted by Gasteiger charge is -2.47. The minimum absolute atomic E-state index is 0.0288. The minimum Gasteiger partial charge on any atom is -0.351 e. The third kappa shape index (κ3) is 5.29. The summed E-state index contributed by atoms with van der Waals surface area (Å²) < 4.78 is 26.4. The summed E-state index contributed by atoms with van der Waals surface area (Å²) in [6.45, 7) is 4.66. The summed E-state index contributed by atoms with van der Waals surface area (Å²) in [5.41, 5.74) is -0.0516. The Balaban J connectivity index is 1.98. The molecular weight excluding hydrogens is 450 g/mol. The first-order valence-corrected chi connectivity index (χ1v) is 13.4. The van der Waals surface area contributed by atoms with Crippen LogP contribution in [-0.2, 0) is 19.6 Å². The third-order valence-electron chi connectivity index (χ3n) is 6.63. The Kier molecular flexibility index (Phi) is 7.89. The van der Waals surface area contributed by atoms with Crippen molar-refractivity contribution in [3.63, 3.8) is 0 Å². The molecular formula is C23H34ClN3O4S. The lowest BCUT2D eigenvalue weighted by Crippen LogP contribution is -2.71. The van der Waals surface area contributed by atoms with E-state index in [4.69, 9.17) is 11.6 Å². The summed E-state index contributed by atoms with van der Waals surface area (Å²) in [6, 6.07) is 5.17. The lowest BCUT2D eigenvalue weighted by atomic mass is 9.91. The number of carbonyl (C=O) groups excluding carboxylic acids is 2. The average Bonchev–Trinajstić information content (AvgIpc) is 2.70. The highest BCUT2D eigenvalue weighted by Crippen LogP contribution is 2.34. The van der Waals surface area contributed by atoms with Crippen molar-refractivity contribution in [1.82, 2.24) is 9.62 Å². The van der Waals surface area contributed by atoms with Crippen LogP contribution in [0.25, 0.3) is 0 Å². The van der Waals surface area contributed by atoms with Crippen LogP contribution in [0.1, 0.15) is 64.4 Å². The number of benzene rings is 1. The van der Waals surface area contributed by atoms with Crippen LogP contribution in [0.15, 0.2) is 18.2 Å². The molecule has 1 aromatic rings. The molecule has 2 amide bonds. The first-order chi connectivity index (χ1) is 15.1. The highest BCUT2D eigenvalue weighted by atomic mass is 35.5. The number of halogens is 1. The zero-order chi connectivity index (χ0) is 23.5. The van der Waals surface area contributed by atoms with Gasteiger partial charge in [-0.15, -0.1) is 0 Å². The van der Waals surface area contributed by atoms with Crippen molar-refractivity contribution >= 4 is 39.1 Å². The number of hydrogen-bond acceptors (Lipinski definition) is 4. The summed E-state index contributed by atoms with van der Waals surface area (Å²) in [4.78, 5) is 28.5. The van der Waals surface area contributed by atoms with Crippen LogP contribution in [0.4, 0.5) is 5.69 Å². The van der Waals surface area contributed by atoms with Gasteiger partial charge in [-0.25, -0.2) is 8.42 Å². The molecule has 1 atom stereocenters. The maximum absolute atomic E-state index is 13.7. The largest absolute Gasteiger partial charge is 0.351 e. The van der Waals surface area contributed by atoms with E-state index in [1.807, 2.05) is 6.92 Å². The van der Waals surface area contributed by atoms with Crippen molar-refractivity contribution in [2.24, 2.45) is 0 Å². The number of nitrogens with one attached hydrogen (secondary N) is 1. The number of rotatable bonds is 5.